The van der Waals surface area contributed by atoms with E-state index in [0.29, 0.717) is 6.10 Å². The number of carbonyl (C=O) groups excluding carboxylic acids is 1. The van der Waals surface area contributed by atoms with Gasteiger partial charge in [0.1, 0.15) is 5.38 Å². The average molecular weight is 204 g/mol. The van der Waals surface area contributed by atoms with Crippen LogP contribution in [0.2, 0.25) is 0 Å². The van der Waals surface area contributed by atoms with Crippen LogP contribution < -0.4 is 5.32 Å². The summed E-state index contributed by atoms with van der Waals surface area (Å²) in [5.41, 5.74) is 0. The highest BCUT2D eigenvalue weighted by molar-refractivity contribution is 6.30. The van der Waals surface area contributed by atoms with Gasteiger partial charge in [0, 0.05) is 0 Å². The maximum absolute atomic E-state index is 11.3. The molecule has 2 heterocycles. The van der Waals surface area contributed by atoms with E-state index in [1.54, 1.807) is 6.92 Å². The van der Waals surface area contributed by atoms with Crippen LogP contribution in [-0.2, 0) is 9.53 Å². The number of ether oxygens (including phenoxy) is 1. The molecule has 2 saturated heterocycles. The van der Waals surface area contributed by atoms with Crippen LogP contribution in [-0.4, -0.2) is 29.5 Å². The summed E-state index contributed by atoms with van der Waals surface area (Å²) < 4.78 is 5.61. The first-order valence-corrected chi connectivity index (χ1v) is 5.20. The van der Waals surface area contributed by atoms with E-state index in [9.17, 15) is 4.79 Å². The second kappa shape index (κ2) is 3.46. The van der Waals surface area contributed by atoms with E-state index in [1.807, 2.05) is 0 Å². The molecule has 0 aromatic rings. The van der Waals surface area contributed by atoms with Gasteiger partial charge in [-0.1, -0.05) is 0 Å². The normalized spacial score (nSPS) is 39.1. The van der Waals surface area contributed by atoms with Crippen molar-refractivity contribution in [3.8, 4) is 0 Å². The lowest BCUT2D eigenvalue weighted by atomic mass is 9.95. The lowest BCUT2D eigenvalue weighted by Crippen LogP contribution is -2.43. The summed E-state index contributed by atoms with van der Waals surface area (Å²) in [6, 6.07) is 0.201. The molecular weight excluding hydrogens is 190 g/mol. The van der Waals surface area contributed by atoms with E-state index >= 15 is 0 Å². The molecule has 0 spiro atoms. The first-order chi connectivity index (χ1) is 6.16. The fraction of sp³-hybridized carbons (Fsp3) is 0.889. The second-order valence-electron chi connectivity index (χ2n) is 3.84. The van der Waals surface area contributed by atoms with E-state index in [1.165, 1.54) is 0 Å². The molecule has 0 radical (unpaired) electrons. The third-order valence-corrected chi connectivity index (χ3v) is 2.99. The highest BCUT2D eigenvalue weighted by Crippen LogP contribution is 2.34. The van der Waals surface area contributed by atoms with E-state index in [4.69, 9.17) is 16.3 Å². The fourth-order valence-electron chi connectivity index (χ4n) is 2.09. The molecule has 2 aliphatic heterocycles. The van der Waals surface area contributed by atoms with E-state index in [0.717, 1.165) is 19.3 Å². The molecule has 1 amide bonds. The summed E-state index contributed by atoms with van der Waals surface area (Å²) in [6.07, 6.45) is 3.80. The van der Waals surface area contributed by atoms with Gasteiger partial charge in [0.05, 0.1) is 18.2 Å². The summed E-state index contributed by atoms with van der Waals surface area (Å²) in [7, 11) is 0. The third kappa shape index (κ3) is 1.81. The number of rotatable bonds is 2. The molecule has 2 bridgehead atoms. The summed E-state index contributed by atoms with van der Waals surface area (Å²) in [4.78, 5) is 11.3. The highest BCUT2D eigenvalue weighted by Gasteiger charge is 2.41. The SMILES string of the molecule is CC(Cl)C(=O)NC1CC2CCC1O2. The molecule has 13 heavy (non-hydrogen) atoms. The average Bonchev–Trinajstić information content (AvgIpc) is 2.64. The Hall–Kier alpha value is -0.280. The highest BCUT2D eigenvalue weighted by atomic mass is 35.5. The van der Waals surface area contributed by atoms with Crippen molar-refractivity contribution in [1.29, 1.82) is 0 Å². The van der Waals surface area contributed by atoms with Gasteiger partial charge in [-0.3, -0.25) is 4.79 Å². The van der Waals surface area contributed by atoms with Gasteiger partial charge >= 0.3 is 0 Å². The van der Waals surface area contributed by atoms with Crippen LogP contribution in [0, 0.1) is 0 Å². The van der Waals surface area contributed by atoms with Crippen LogP contribution in [0.4, 0.5) is 0 Å². The van der Waals surface area contributed by atoms with E-state index in [2.05, 4.69) is 5.32 Å². The third-order valence-electron chi connectivity index (χ3n) is 2.79. The van der Waals surface area contributed by atoms with Gasteiger partial charge in [-0.25, -0.2) is 0 Å². The molecule has 4 atom stereocenters. The molecule has 2 aliphatic rings. The second-order valence-corrected chi connectivity index (χ2v) is 4.50. The number of amides is 1. The maximum atomic E-state index is 11.3. The number of alkyl halides is 1. The Balaban J connectivity index is 1.86. The van der Waals surface area contributed by atoms with Crippen molar-refractivity contribution in [2.45, 2.75) is 49.8 Å². The summed E-state index contributed by atoms with van der Waals surface area (Å²) in [6.45, 7) is 1.69. The van der Waals surface area contributed by atoms with Gasteiger partial charge < -0.3 is 10.1 Å². The Morgan fingerprint density at radius 2 is 2.38 bits per heavy atom. The first-order valence-electron chi connectivity index (χ1n) is 4.76. The quantitative estimate of drug-likeness (QED) is 0.682. The van der Waals surface area contributed by atoms with Crippen molar-refractivity contribution < 1.29 is 9.53 Å². The molecule has 0 saturated carbocycles. The topological polar surface area (TPSA) is 38.3 Å². The molecule has 0 aromatic heterocycles. The Morgan fingerprint density at radius 3 is 2.85 bits per heavy atom. The maximum Gasteiger partial charge on any atom is 0.238 e. The molecule has 1 N–H and O–H groups in total. The van der Waals surface area contributed by atoms with Crippen molar-refractivity contribution in [2.24, 2.45) is 0 Å². The number of fused-ring (bicyclic) bond motifs is 2. The van der Waals surface area contributed by atoms with E-state index in [-0.39, 0.29) is 18.1 Å². The van der Waals surface area contributed by atoms with Crippen molar-refractivity contribution >= 4 is 17.5 Å². The summed E-state index contributed by atoms with van der Waals surface area (Å²) in [5, 5.41) is 2.47. The molecular formula is C9H14ClNO2. The van der Waals surface area contributed by atoms with Crippen molar-refractivity contribution in [3.05, 3.63) is 0 Å². The monoisotopic (exact) mass is 203 g/mol. The van der Waals surface area contributed by atoms with Crippen molar-refractivity contribution in [1.82, 2.24) is 5.32 Å². The summed E-state index contributed by atoms with van der Waals surface area (Å²) in [5.74, 6) is -0.0807. The van der Waals surface area contributed by atoms with Crippen LogP contribution >= 0.6 is 11.6 Å². The number of nitrogens with one attached hydrogen (secondary N) is 1. The fourth-order valence-corrected chi connectivity index (χ4v) is 2.15. The molecule has 4 heteroatoms. The zero-order valence-corrected chi connectivity index (χ0v) is 8.38. The Bertz CT molecular complexity index is 220. The van der Waals surface area contributed by atoms with Gasteiger partial charge in [-0.2, -0.15) is 0 Å². The molecule has 2 rings (SSSR count). The van der Waals surface area contributed by atoms with Gasteiger partial charge in [0.2, 0.25) is 5.91 Å². The number of hydrogen-bond acceptors (Lipinski definition) is 2. The van der Waals surface area contributed by atoms with Crippen molar-refractivity contribution in [3.63, 3.8) is 0 Å². The number of halogens is 1. The lowest BCUT2D eigenvalue weighted by molar-refractivity contribution is -0.121. The minimum atomic E-state index is -0.445. The van der Waals surface area contributed by atoms with Crippen LogP contribution in [0.15, 0.2) is 0 Å². The number of carbonyl (C=O) groups is 1. The predicted octanol–water partition coefficient (Wildman–Crippen LogP) is 1.05. The molecule has 2 fully saturated rings. The van der Waals surface area contributed by atoms with Gasteiger partial charge in [0.25, 0.3) is 0 Å². The minimum absolute atomic E-state index is 0.0807. The van der Waals surface area contributed by atoms with Gasteiger partial charge in [-0.15, -0.1) is 11.6 Å². The lowest BCUT2D eigenvalue weighted by Gasteiger charge is -2.20. The van der Waals surface area contributed by atoms with Crippen molar-refractivity contribution in [2.75, 3.05) is 0 Å². The zero-order valence-electron chi connectivity index (χ0n) is 7.63. The Morgan fingerprint density at radius 1 is 1.62 bits per heavy atom. The Kier molecular flexibility index (Phi) is 2.47. The summed E-state index contributed by atoms with van der Waals surface area (Å²) >= 11 is 5.66. The van der Waals surface area contributed by atoms with Crippen LogP contribution in [0.25, 0.3) is 0 Å². The van der Waals surface area contributed by atoms with Crippen LogP contribution in [0.3, 0.4) is 0 Å². The Labute approximate surface area is 82.8 Å². The molecule has 3 nitrogen and oxygen atoms in total. The van der Waals surface area contributed by atoms with Gasteiger partial charge in [0.15, 0.2) is 0 Å². The number of hydrogen-bond donors (Lipinski definition) is 1. The molecule has 74 valence electrons. The van der Waals surface area contributed by atoms with Crippen LogP contribution in [0.5, 0.6) is 0 Å². The first kappa shape index (κ1) is 9.28. The van der Waals surface area contributed by atoms with E-state index < -0.39 is 5.38 Å². The van der Waals surface area contributed by atoms with Gasteiger partial charge in [-0.05, 0) is 26.2 Å². The smallest absolute Gasteiger partial charge is 0.238 e. The zero-order chi connectivity index (χ0) is 9.42. The molecule has 4 unspecified atom stereocenters. The standard InChI is InChI=1S/C9H14ClNO2/c1-5(10)9(12)11-7-4-6-2-3-8(7)13-6/h5-8H,2-4H2,1H3,(H,11,12). The largest absolute Gasteiger partial charge is 0.373 e. The minimum Gasteiger partial charge on any atom is -0.373 e. The predicted molar refractivity (Wildman–Crippen MR) is 49.8 cm³/mol. The molecule has 0 aromatic carbocycles. The molecule has 0 aliphatic carbocycles. The van der Waals surface area contributed by atoms with Crippen LogP contribution in [0.1, 0.15) is 26.2 Å².